The van der Waals surface area contributed by atoms with Crippen molar-refractivity contribution in [1.82, 2.24) is 9.78 Å². The van der Waals surface area contributed by atoms with Crippen LogP contribution < -0.4 is 5.32 Å². The molecule has 3 rings (SSSR count). The third-order valence-corrected chi connectivity index (χ3v) is 4.45. The molecule has 0 fully saturated rings. The molecule has 8 nitrogen and oxygen atoms in total. The highest BCUT2D eigenvalue weighted by Crippen LogP contribution is 2.23. The van der Waals surface area contributed by atoms with Gasteiger partial charge in [-0.1, -0.05) is 24.3 Å². The summed E-state index contributed by atoms with van der Waals surface area (Å²) in [5, 5.41) is 6.84. The zero-order chi connectivity index (χ0) is 21.8. The second-order valence-corrected chi connectivity index (χ2v) is 7.09. The van der Waals surface area contributed by atoms with E-state index in [1.54, 1.807) is 47.3 Å². The smallest absolute Gasteiger partial charge is 0.375 e. The lowest BCUT2D eigenvalue weighted by molar-refractivity contribution is -0.123. The van der Waals surface area contributed by atoms with Crippen LogP contribution in [0.25, 0.3) is 11.3 Å². The second-order valence-electron chi connectivity index (χ2n) is 7.09. The lowest BCUT2D eigenvalue weighted by Crippen LogP contribution is -2.31. The number of ether oxygens (including phenoxy) is 1. The molecule has 0 aliphatic rings. The first kappa shape index (κ1) is 21.0. The summed E-state index contributed by atoms with van der Waals surface area (Å²) < 4.78 is 12.4. The van der Waals surface area contributed by atoms with E-state index in [1.165, 1.54) is 19.9 Å². The van der Waals surface area contributed by atoms with Crippen molar-refractivity contribution in [3.8, 4) is 11.3 Å². The molecular weight excluding hydrogens is 386 g/mol. The minimum Gasteiger partial charge on any atom is -0.449 e. The molecule has 0 saturated heterocycles. The summed E-state index contributed by atoms with van der Waals surface area (Å²) in [7, 11) is 0. The third kappa shape index (κ3) is 4.65. The molecular formula is C22H23N3O5. The van der Waals surface area contributed by atoms with Gasteiger partial charge in [-0.3, -0.25) is 9.59 Å². The molecule has 2 aromatic heterocycles. The molecule has 0 aliphatic heterocycles. The van der Waals surface area contributed by atoms with Gasteiger partial charge in [0.05, 0.1) is 6.20 Å². The standard InChI is InChI=1S/C22H23N3O5/c1-13(2)25-20(11-12-23-25)24-21(27)15(4)29-22(28)19-10-9-18(30-19)17-7-5-16(6-8-17)14(3)26/h5-13,15H,1-4H3,(H,24,27)/t15-/m1/s1. The largest absolute Gasteiger partial charge is 0.449 e. The number of nitrogens with zero attached hydrogens (tertiary/aromatic N) is 2. The molecule has 0 saturated carbocycles. The van der Waals surface area contributed by atoms with Gasteiger partial charge in [-0.25, -0.2) is 9.48 Å². The van der Waals surface area contributed by atoms with Crippen LogP contribution in [0.5, 0.6) is 0 Å². The number of benzene rings is 1. The van der Waals surface area contributed by atoms with E-state index in [4.69, 9.17) is 9.15 Å². The van der Waals surface area contributed by atoms with Gasteiger partial charge in [0.15, 0.2) is 11.9 Å². The first-order chi connectivity index (χ1) is 14.3. The number of amides is 1. The quantitative estimate of drug-likeness (QED) is 0.465. The number of ketones is 1. The predicted octanol–water partition coefficient (Wildman–Crippen LogP) is 4.11. The maximum absolute atomic E-state index is 12.4. The van der Waals surface area contributed by atoms with Crippen molar-refractivity contribution in [2.24, 2.45) is 0 Å². The van der Waals surface area contributed by atoms with E-state index in [0.717, 1.165) is 0 Å². The highest BCUT2D eigenvalue weighted by atomic mass is 16.6. The van der Waals surface area contributed by atoms with Gasteiger partial charge in [0.2, 0.25) is 5.76 Å². The van der Waals surface area contributed by atoms with E-state index in [9.17, 15) is 14.4 Å². The number of hydrogen-bond donors (Lipinski definition) is 1. The van der Waals surface area contributed by atoms with E-state index < -0.39 is 18.0 Å². The van der Waals surface area contributed by atoms with Crippen LogP contribution in [0.4, 0.5) is 5.82 Å². The molecule has 1 N–H and O–H groups in total. The van der Waals surface area contributed by atoms with Crippen molar-refractivity contribution in [2.45, 2.75) is 39.8 Å². The van der Waals surface area contributed by atoms with E-state index in [2.05, 4.69) is 10.4 Å². The molecule has 156 valence electrons. The van der Waals surface area contributed by atoms with E-state index >= 15 is 0 Å². The Bertz CT molecular complexity index is 1060. The number of nitrogens with one attached hydrogen (secondary N) is 1. The number of Topliss-reactive ketones (excluding diaryl/α,β-unsaturated/α-hetero) is 1. The summed E-state index contributed by atoms with van der Waals surface area (Å²) in [5.74, 6) is -0.303. The van der Waals surface area contributed by atoms with Crippen LogP contribution >= 0.6 is 0 Å². The van der Waals surface area contributed by atoms with Crippen LogP contribution in [0.1, 0.15) is 54.6 Å². The molecule has 0 bridgehead atoms. The van der Waals surface area contributed by atoms with Gasteiger partial charge in [0, 0.05) is 23.2 Å². The fourth-order valence-electron chi connectivity index (χ4n) is 2.80. The van der Waals surface area contributed by atoms with E-state index in [-0.39, 0.29) is 17.6 Å². The summed E-state index contributed by atoms with van der Waals surface area (Å²) >= 11 is 0. The van der Waals surface area contributed by atoms with Gasteiger partial charge in [0.25, 0.3) is 5.91 Å². The maximum Gasteiger partial charge on any atom is 0.375 e. The van der Waals surface area contributed by atoms with E-state index in [1.807, 2.05) is 13.8 Å². The van der Waals surface area contributed by atoms with Crippen LogP contribution in [0, 0.1) is 0 Å². The lowest BCUT2D eigenvalue weighted by atomic mass is 10.1. The first-order valence-electron chi connectivity index (χ1n) is 9.53. The molecule has 0 spiro atoms. The Kier molecular flexibility index (Phi) is 6.15. The van der Waals surface area contributed by atoms with Crippen LogP contribution in [0.2, 0.25) is 0 Å². The number of rotatable bonds is 7. The number of furan rings is 1. The Balaban J connectivity index is 1.63. The molecule has 8 heteroatoms. The van der Waals surface area contributed by atoms with Crippen molar-refractivity contribution >= 4 is 23.5 Å². The van der Waals surface area contributed by atoms with Gasteiger partial charge in [0.1, 0.15) is 11.6 Å². The van der Waals surface area contributed by atoms with Crippen molar-refractivity contribution < 1.29 is 23.5 Å². The number of hydrogen-bond acceptors (Lipinski definition) is 6. The fraction of sp³-hybridized carbons (Fsp3) is 0.273. The zero-order valence-electron chi connectivity index (χ0n) is 17.2. The third-order valence-electron chi connectivity index (χ3n) is 4.45. The second kappa shape index (κ2) is 8.77. The van der Waals surface area contributed by atoms with Crippen LogP contribution in [-0.4, -0.2) is 33.5 Å². The average Bonchev–Trinajstić information content (AvgIpc) is 3.37. The molecule has 30 heavy (non-hydrogen) atoms. The van der Waals surface area contributed by atoms with Crippen LogP contribution in [-0.2, 0) is 9.53 Å². The van der Waals surface area contributed by atoms with Crippen molar-refractivity contribution in [3.63, 3.8) is 0 Å². The number of carbonyl (C=O) groups is 3. The maximum atomic E-state index is 12.4. The number of aromatic nitrogens is 2. The summed E-state index contributed by atoms with van der Waals surface area (Å²) in [6.45, 7) is 6.85. The average molecular weight is 409 g/mol. The zero-order valence-corrected chi connectivity index (χ0v) is 17.2. The molecule has 3 aromatic rings. The fourth-order valence-corrected chi connectivity index (χ4v) is 2.80. The normalized spacial score (nSPS) is 11.9. The molecule has 0 unspecified atom stereocenters. The molecule has 1 aromatic carbocycles. The van der Waals surface area contributed by atoms with Gasteiger partial charge >= 0.3 is 5.97 Å². The van der Waals surface area contributed by atoms with Crippen molar-refractivity contribution in [3.05, 3.63) is 60.0 Å². The monoisotopic (exact) mass is 409 g/mol. The van der Waals surface area contributed by atoms with Crippen LogP contribution in [0.3, 0.4) is 0 Å². The molecule has 2 heterocycles. The van der Waals surface area contributed by atoms with Crippen LogP contribution in [0.15, 0.2) is 53.1 Å². The minimum absolute atomic E-state index is 0.0208. The Labute approximate surface area is 173 Å². The highest BCUT2D eigenvalue weighted by molar-refractivity contribution is 5.96. The minimum atomic E-state index is -1.03. The Hall–Kier alpha value is -3.68. The SMILES string of the molecule is CC(=O)c1ccc(-c2ccc(C(=O)O[C@H](C)C(=O)Nc3ccnn3C(C)C)o2)cc1. The van der Waals surface area contributed by atoms with Gasteiger partial charge in [-0.15, -0.1) is 0 Å². The lowest BCUT2D eigenvalue weighted by Gasteiger charge is -2.15. The highest BCUT2D eigenvalue weighted by Gasteiger charge is 2.22. The topological polar surface area (TPSA) is 103 Å². The molecule has 0 aliphatic carbocycles. The van der Waals surface area contributed by atoms with E-state index in [0.29, 0.717) is 22.7 Å². The van der Waals surface area contributed by atoms with Gasteiger partial charge in [-0.2, -0.15) is 5.10 Å². The Morgan fingerprint density at radius 2 is 1.73 bits per heavy atom. The summed E-state index contributed by atoms with van der Waals surface area (Å²) in [6.07, 6.45) is 0.552. The predicted molar refractivity (Wildman–Crippen MR) is 110 cm³/mol. The summed E-state index contributed by atoms with van der Waals surface area (Å²) in [6, 6.07) is 11.7. The number of carbonyl (C=O) groups excluding carboxylic acids is 3. The molecule has 0 radical (unpaired) electrons. The first-order valence-corrected chi connectivity index (χ1v) is 9.53. The Morgan fingerprint density at radius 3 is 2.37 bits per heavy atom. The van der Waals surface area contributed by atoms with Crippen molar-refractivity contribution in [1.29, 1.82) is 0 Å². The van der Waals surface area contributed by atoms with Gasteiger partial charge in [-0.05, 0) is 39.8 Å². The number of anilines is 1. The molecule has 1 amide bonds. The van der Waals surface area contributed by atoms with Crippen molar-refractivity contribution in [2.75, 3.05) is 5.32 Å². The number of esters is 1. The molecule has 1 atom stereocenters. The Morgan fingerprint density at radius 1 is 1.03 bits per heavy atom. The summed E-state index contributed by atoms with van der Waals surface area (Å²) in [4.78, 5) is 36.1. The summed E-state index contributed by atoms with van der Waals surface area (Å²) in [5.41, 5.74) is 1.30. The van der Waals surface area contributed by atoms with Gasteiger partial charge < -0.3 is 14.5 Å².